The normalized spacial score (nSPS) is 21.0. The topological polar surface area (TPSA) is 36.3 Å². The standard InChI is InChI=1S/C27H33N5S/c1-18-17-23(19(2)31(18)21-9-5-6-10-21)26-25(24-11-7-8-16-28-24)29-27(33)32(26)22-14-12-20(13-15-22)30(3)4/h7-8,11-17,21,25-26H,5-6,9-10H2,1-4H3,(H,29,33)/t25-,26-/m0/s1. The number of thiocarbonyl (C=S) groups is 1. The van der Waals surface area contributed by atoms with E-state index in [-0.39, 0.29) is 12.1 Å². The van der Waals surface area contributed by atoms with Crippen molar-refractivity contribution in [2.24, 2.45) is 0 Å². The minimum Gasteiger partial charge on any atom is -0.378 e. The summed E-state index contributed by atoms with van der Waals surface area (Å²) in [6.45, 7) is 4.53. The maximum atomic E-state index is 5.92. The zero-order valence-electron chi connectivity index (χ0n) is 20.0. The molecule has 2 aromatic heterocycles. The lowest BCUT2D eigenvalue weighted by Gasteiger charge is -2.29. The third kappa shape index (κ3) is 3.90. The number of pyridine rings is 1. The van der Waals surface area contributed by atoms with Crippen LogP contribution in [0.25, 0.3) is 0 Å². The van der Waals surface area contributed by atoms with Crippen LogP contribution in [0.15, 0.2) is 54.7 Å². The molecule has 2 atom stereocenters. The van der Waals surface area contributed by atoms with Gasteiger partial charge >= 0.3 is 0 Å². The Kier molecular flexibility index (Phi) is 5.87. The van der Waals surface area contributed by atoms with E-state index in [1.165, 1.54) is 48.3 Å². The average molecular weight is 460 g/mol. The van der Waals surface area contributed by atoms with Crippen LogP contribution in [0, 0.1) is 13.8 Å². The van der Waals surface area contributed by atoms with Crippen LogP contribution >= 0.6 is 12.2 Å². The van der Waals surface area contributed by atoms with Crippen molar-refractivity contribution >= 4 is 28.7 Å². The maximum Gasteiger partial charge on any atom is 0.174 e. The lowest BCUT2D eigenvalue weighted by molar-refractivity contribution is 0.494. The van der Waals surface area contributed by atoms with Gasteiger partial charge in [-0.05, 0) is 86.9 Å². The Labute approximate surface area is 202 Å². The van der Waals surface area contributed by atoms with Gasteiger partial charge in [0.1, 0.15) is 0 Å². The molecule has 2 fully saturated rings. The number of nitrogens with one attached hydrogen (secondary N) is 1. The molecule has 3 heterocycles. The van der Waals surface area contributed by atoms with Gasteiger partial charge in [-0.2, -0.15) is 0 Å². The van der Waals surface area contributed by atoms with E-state index in [2.05, 4.69) is 90.1 Å². The highest BCUT2D eigenvalue weighted by molar-refractivity contribution is 7.80. The molecule has 1 N–H and O–H groups in total. The molecule has 1 aromatic carbocycles. The summed E-state index contributed by atoms with van der Waals surface area (Å²) >= 11 is 5.92. The second-order valence-electron chi connectivity index (χ2n) is 9.54. The first-order valence-corrected chi connectivity index (χ1v) is 12.3. The molecule has 6 heteroatoms. The third-order valence-electron chi connectivity index (χ3n) is 7.27. The Morgan fingerprint density at radius 2 is 1.76 bits per heavy atom. The highest BCUT2D eigenvalue weighted by Gasteiger charge is 2.42. The molecule has 1 saturated heterocycles. The van der Waals surface area contributed by atoms with Crippen LogP contribution in [-0.2, 0) is 0 Å². The lowest BCUT2D eigenvalue weighted by Crippen LogP contribution is -2.29. The van der Waals surface area contributed by atoms with Gasteiger partial charge in [0, 0.05) is 49.1 Å². The summed E-state index contributed by atoms with van der Waals surface area (Å²) in [6.07, 6.45) is 7.07. The molecule has 5 rings (SSSR count). The molecule has 33 heavy (non-hydrogen) atoms. The minimum absolute atomic E-state index is 0.00949. The second kappa shape index (κ2) is 8.82. The summed E-state index contributed by atoms with van der Waals surface area (Å²) in [7, 11) is 4.13. The van der Waals surface area contributed by atoms with Crippen molar-refractivity contribution in [2.75, 3.05) is 23.9 Å². The SMILES string of the molecule is Cc1cc([C@H]2[C@H](c3ccccn3)NC(=S)N2c2ccc(N(C)C)cc2)c(C)n1C1CCCC1. The van der Waals surface area contributed by atoms with Crippen molar-refractivity contribution in [2.45, 2.75) is 57.7 Å². The third-order valence-corrected chi connectivity index (χ3v) is 7.59. The number of anilines is 2. The number of nitrogens with zero attached hydrogens (tertiary/aromatic N) is 4. The highest BCUT2D eigenvalue weighted by Crippen LogP contribution is 2.45. The summed E-state index contributed by atoms with van der Waals surface area (Å²) in [4.78, 5) is 9.12. The molecule has 0 unspecified atom stereocenters. The summed E-state index contributed by atoms with van der Waals surface area (Å²) in [5.41, 5.74) is 7.32. The Bertz CT molecular complexity index is 1130. The van der Waals surface area contributed by atoms with Gasteiger partial charge in [-0.15, -0.1) is 0 Å². The summed E-state index contributed by atoms with van der Waals surface area (Å²) < 4.78 is 2.58. The van der Waals surface area contributed by atoms with Gasteiger partial charge in [0.2, 0.25) is 0 Å². The lowest BCUT2D eigenvalue weighted by atomic mass is 9.96. The quantitative estimate of drug-likeness (QED) is 0.484. The molecule has 0 amide bonds. The van der Waals surface area contributed by atoms with E-state index in [9.17, 15) is 0 Å². The molecule has 0 spiro atoms. The number of hydrogen-bond donors (Lipinski definition) is 1. The largest absolute Gasteiger partial charge is 0.378 e. The van der Waals surface area contributed by atoms with Gasteiger partial charge in [0.15, 0.2) is 5.11 Å². The van der Waals surface area contributed by atoms with E-state index >= 15 is 0 Å². The van der Waals surface area contributed by atoms with E-state index in [0.717, 1.165) is 16.5 Å². The Balaban J connectivity index is 1.62. The van der Waals surface area contributed by atoms with Gasteiger partial charge in [-0.25, -0.2) is 0 Å². The van der Waals surface area contributed by atoms with Gasteiger partial charge < -0.3 is 19.7 Å². The molecule has 172 valence electrons. The Morgan fingerprint density at radius 3 is 2.39 bits per heavy atom. The predicted octanol–water partition coefficient (Wildman–Crippen LogP) is 5.86. The van der Waals surface area contributed by atoms with Gasteiger partial charge in [0.05, 0.1) is 17.8 Å². The van der Waals surface area contributed by atoms with Crippen LogP contribution in [0.4, 0.5) is 11.4 Å². The molecule has 1 aliphatic carbocycles. The first-order chi connectivity index (χ1) is 16.0. The molecular weight excluding hydrogens is 426 g/mol. The fourth-order valence-electron chi connectivity index (χ4n) is 5.69. The monoisotopic (exact) mass is 459 g/mol. The van der Waals surface area contributed by atoms with Crippen LogP contribution in [-0.4, -0.2) is 28.8 Å². The number of aromatic nitrogens is 2. The molecule has 1 aliphatic heterocycles. The van der Waals surface area contributed by atoms with Crippen LogP contribution < -0.4 is 15.1 Å². The van der Waals surface area contributed by atoms with Crippen molar-refractivity contribution in [1.29, 1.82) is 0 Å². The fraction of sp³-hybridized carbons (Fsp3) is 0.407. The summed E-state index contributed by atoms with van der Waals surface area (Å²) in [5.74, 6) is 0. The van der Waals surface area contributed by atoms with Crippen molar-refractivity contribution in [3.63, 3.8) is 0 Å². The second-order valence-corrected chi connectivity index (χ2v) is 9.93. The summed E-state index contributed by atoms with van der Waals surface area (Å²) in [6, 6.07) is 17.8. The molecule has 0 bridgehead atoms. The van der Waals surface area contributed by atoms with Crippen LogP contribution in [0.5, 0.6) is 0 Å². The number of rotatable bonds is 5. The number of benzene rings is 1. The Hall–Kier alpha value is -2.86. The zero-order valence-corrected chi connectivity index (χ0v) is 20.8. The van der Waals surface area contributed by atoms with Crippen LogP contribution in [0.3, 0.4) is 0 Å². The molecule has 1 saturated carbocycles. The maximum absolute atomic E-state index is 5.92. The first-order valence-electron chi connectivity index (χ1n) is 11.9. The predicted molar refractivity (Wildman–Crippen MR) is 140 cm³/mol. The molecule has 5 nitrogen and oxygen atoms in total. The summed E-state index contributed by atoms with van der Waals surface area (Å²) in [5, 5.41) is 4.35. The zero-order chi connectivity index (χ0) is 23.1. The molecule has 0 radical (unpaired) electrons. The van der Waals surface area contributed by atoms with Crippen molar-refractivity contribution in [3.8, 4) is 0 Å². The number of aryl methyl sites for hydroxylation is 1. The smallest absolute Gasteiger partial charge is 0.174 e. The minimum atomic E-state index is -0.00949. The van der Waals surface area contributed by atoms with Gasteiger partial charge in [-0.3, -0.25) is 4.98 Å². The molecule has 3 aromatic rings. The first kappa shape index (κ1) is 22.0. The van der Waals surface area contributed by atoms with E-state index in [4.69, 9.17) is 17.2 Å². The Morgan fingerprint density at radius 1 is 1.03 bits per heavy atom. The van der Waals surface area contributed by atoms with E-state index in [1.54, 1.807) is 0 Å². The van der Waals surface area contributed by atoms with Crippen LogP contribution in [0.2, 0.25) is 0 Å². The van der Waals surface area contributed by atoms with E-state index in [1.807, 2.05) is 12.3 Å². The highest BCUT2D eigenvalue weighted by atomic mass is 32.1. The van der Waals surface area contributed by atoms with Crippen molar-refractivity contribution in [3.05, 3.63) is 77.4 Å². The average Bonchev–Trinajstić information content (AvgIpc) is 3.52. The van der Waals surface area contributed by atoms with E-state index in [0.29, 0.717) is 6.04 Å². The van der Waals surface area contributed by atoms with Crippen molar-refractivity contribution in [1.82, 2.24) is 14.9 Å². The fourth-order valence-corrected chi connectivity index (χ4v) is 6.03. The van der Waals surface area contributed by atoms with Crippen LogP contribution in [0.1, 0.15) is 66.5 Å². The van der Waals surface area contributed by atoms with Gasteiger partial charge in [0.25, 0.3) is 0 Å². The van der Waals surface area contributed by atoms with E-state index < -0.39 is 0 Å². The van der Waals surface area contributed by atoms with Crippen molar-refractivity contribution < 1.29 is 0 Å². The molecule has 2 aliphatic rings. The number of hydrogen-bond acceptors (Lipinski definition) is 3. The van der Waals surface area contributed by atoms with Gasteiger partial charge in [-0.1, -0.05) is 18.9 Å². The molecular formula is C27H33N5S.